The predicted molar refractivity (Wildman–Crippen MR) is 92.6 cm³/mol. The fraction of sp³-hybridized carbons (Fsp3) is 0.150. The fourth-order valence-corrected chi connectivity index (χ4v) is 2.67. The Kier molecular flexibility index (Phi) is 5.23. The predicted octanol–water partition coefficient (Wildman–Crippen LogP) is 4.30. The first-order valence-electron chi connectivity index (χ1n) is 7.89. The minimum absolute atomic E-state index is 0.0933. The van der Waals surface area contributed by atoms with Crippen LogP contribution in [0.3, 0.4) is 0 Å². The summed E-state index contributed by atoms with van der Waals surface area (Å²) in [7, 11) is 0. The molecule has 0 saturated carbocycles. The van der Waals surface area contributed by atoms with Crippen LogP contribution in [0.5, 0.6) is 5.75 Å². The van der Waals surface area contributed by atoms with Gasteiger partial charge in [0.25, 0.3) is 0 Å². The van der Waals surface area contributed by atoms with E-state index in [4.69, 9.17) is 0 Å². The van der Waals surface area contributed by atoms with Crippen molar-refractivity contribution < 1.29 is 18.3 Å². The first-order valence-corrected chi connectivity index (χ1v) is 7.89. The summed E-state index contributed by atoms with van der Waals surface area (Å²) in [6.45, 7) is -2.51. The van der Waals surface area contributed by atoms with Gasteiger partial charge in [0.05, 0.1) is 6.42 Å². The number of alkyl halides is 2. The molecule has 1 amide bonds. The zero-order valence-corrected chi connectivity index (χ0v) is 13.4. The van der Waals surface area contributed by atoms with Crippen LogP contribution < -0.4 is 10.1 Å². The van der Waals surface area contributed by atoms with Crippen molar-refractivity contribution in [2.24, 2.45) is 0 Å². The lowest BCUT2D eigenvalue weighted by atomic mass is 10.0. The van der Waals surface area contributed by atoms with E-state index in [9.17, 15) is 13.6 Å². The number of nitrogens with one attached hydrogen (secondary N) is 1. The summed E-state index contributed by atoms with van der Waals surface area (Å²) in [6.07, 6.45) is 0.286. The molecule has 0 aromatic heterocycles. The summed E-state index contributed by atoms with van der Waals surface area (Å²) in [5.74, 6) is 0.00471. The second-order valence-electron chi connectivity index (χ2n) is 5.61. The van der Waals surface area contributed by atoms with Crippen LogP contribution in [-0.4, -0.2) is 12.5 Å². The Labute approximate surface area is 144 Å². The summed E-state index contributed by atoms with van der Waals surface area (Å²) in [6, 6.07) is 20.0. The molecule has 0 aliphatic heterocycles. The average molecular weight is 341 g/mol. The lowest BCUT2D eigenvalue weighted by Crippen LogP contribution is -2.24. The number of hydrogen-bond acceptors (Lipinski definition) is 2. The molecule has 128 valence electrons. The third-order valence-corrected chi connectivity index (χ3v) is 3.87. The van der Waals surface area contributed by atoms with Gasteiger partial charge < -0.3 is 10.1 Å². The molecule has 0 saturated heterocycles. The van der Waals surface area contributed by atoms with Crippen molar-refractivity contribution in [3.8, 4) is 5.75 Å². The van der Waals surface area contributed by atoms with Gasteiger partial charge in [-0.3, -0.25) is 4.79 Å². The minimum Gasteiger partial charge on any atom is -0.435 e. The number of ether oxygens (including phenoxy) is 1. The number of fused-ring (bicyclic) bond motifs is 1. The number of carbonyl (C=O) groups is 1. The Morgan fingerprint density at radius 1 is 0.960 bits per heavy atom. The van der Waals surface area contributed by atoms with E-state index in [0.717, 1.165) is 21.9 Å². The van der Waals surface area contributed by atoms with E-state index >= 15 is 0 Å². The molecule has 0 bridgehead atoms. The van der Waals surface area contributed by atoms with Gasteiger partial charge in [0.2, 0.25) is 5.91 Å². The highest BCUT2D eigenvalue weighted by Crippen LogP contribution is 2.19. The molecule has 3 nitrogen and oxygen atoms in total. The SMILES string of the molecule is O=C(Cc1cccc2ccccc12)NCc1ccc(OC(F)F)cc1. The Morgan fingerprint density at radius 3 is 2.44 bits per heavy atom. The maximum atomic E-state index is 12.2. The zero-order chi connectivity index (χ0) is 17.6. The van der Waals surface area contributed by atoms with Gasteiger partial charge in [-0.1, -0.05) is 54.6 Å². The number of carbonyl (C=O) groups excluding carboxylic acids is 1. The van der Waals surface area contributed by atoms with Crippen molar-refractivity contribution in [2.75, 3.05) is 0 Å². The van der Waals surface area contributed by atoms with E-state index in [1.807, 2.05) is 42.5 Å². The Bertz CT molecular complexity index is 858. The quantitative estimate of drug-likeness (QED) is 0.726. The highest BCUT2D eigenvalue weighted by atomic mass is 19.3. The maximum Gasteiger partial charge on any atom is 0.387 e. The number of amides is 1. The van der Waals surface area contributed by atoms with Crippen molar-refractivity contribution in [3.05, 3.63) is 77.9 Å². The van der Waals surface area contributed by atoms with Crippen molar-refractivity contribution in [1.29, 1.82) is 0 Å². The van der Waals surface area contributed by atoms with Gasteiger partial charge in [0, 0.05) is 6.54 Å². The standard InChI is InChI=1S/C20H17F2NO2/c21-20(22)25-17-10-8-14(9-11-17)13-23-19(24)12-16-6-3-5-15-4-1-2-7-18(15)16/h1-11,20H,12-13H2,(H,23,24). The Morgan fingerprint density at radius 2 is 1.68 bits per heavy atom. The Balaban J connectivity index is 1.59. The molecular weight excluding hydrogens is 324 g/mol. The molecule has 0 atom stereocenters. The molecule has 0 spiro atoms. The van der Waals surface area contributed by atoms with Crippen LogP contribution in [-0.2, 0) is 17.8 Å². The highest BCUT2D eigenvalue weighted by Gasteiger charge is 2.07. The van der Waals surface area contributed by atoms with Crippen molar-refractivity contribution in [1.82, 2.24) is 5.32 Å². The van der Waals surface area contributed by atoms with Crippen LogP contribution in [0.4, 0.5) is 8.78 Å². The molecule has 3 aromatic carbocycles. The highest BCUT2D eigenvalue weighted by molar-refractivity contribution is 5.90. The normalized spacial score (nSPS) is 10.8. The summed E-state index contributed by atoms with van der Waals surface area (Å²) < 4.78 is 28.5. The monoisotopic (exact) mass is 341 g/mol. The molecule has 5 heteroatoms. The lowest BCUT2D eigenvalue weighted by Gasteiger charge is -2.09. The van der Waals surface area contributed by atoms with Gasteiger partial charge in [-0.15, -0.1) is 0 Å². The summed E-state index contributed by atoms with van der Waals surface area (Å²) in [4.78, 5) is 12.2. The Hall–Kier alpha value is -2.95. The maximum absolute atomic E-state index is 12.2. The van der Waals surface area contributed by atoms with Gasteiger partial charge in [-0.2, -0.15) is 8.78 Å². The van der Waals surface area contributed by atoms with Crippen LogP contribution in [0, 0.1) is 0 Å². The molecule has 1 N–H and O–H groups in total. The summed E-state index contributed by atoms with van der Waals surface area (Å²) in [5.41, 5.74) is 1.78. The average Bonchev–Trinajstić information content (AvgIpc) is 2.61. The van der Waals surface area contributed by atoms with E-state index in [0.29, 0.717) is 6.54 Å². The second-order valence-corrected chi connectivity index (χ2v) is 5.61. The van der Waals surface area contributed by atoms with Crippen molar-refractivity contribution >= 4 is 16.7 Å². The van der Waals surface area contributed by atoms with Crippen molar-refractivity contribution in [3.63, 3.8) is 0 Å². The molecule has 25 heavy (non-hydrogen) atoms. The molecule has 0 fully saturated rings. The van der Waals surface area contributed by atoms with E-state index in [1.165, 1.54) is 12.1 Å². The van der Waals surface area contributed by atoms with Gasteiger partial charge in [0.1, 0.15) is 5.75 Å². The smallest absolute Gasteiger partial charge is 0.387 e. The molecule has 0 radical (unpaired) electrons. The summed E-state index contributed by atoms with van der Waals surface area (Å²) in [5, 5.41) is 5.01. The van der Waals surface area contributed by atoms with E-state index in [2.05, 4.69) is 10.1 Å². The van der Waals surface area contributed by atoms with Crippen LogP contribution in [0.15, 0.2) is 66.7 Å². The number of halogens is 2. The third-order valence-electron chi connectivity index (χ3n) is 3.87. The minimum atomic E-state index is -2.84. The third kappa shape index (κ3) is 4.53. The van der Waals surface area contributed by atoms with Gasteiger partial charge in [0.15, 0.2) is 0 Å². The van der Waals surface area contributed by atoms with Crippen molar-refractivity contribution in [2.45, 2.75) is 19.6 Å². The van der Waals surface area contributed by atoms with E-state index in [-0.39, 0.29) is 18.1 Å². The lowest BCUT2D eigenvalue weighted by molar-refractivity contribution is -0.120. The summed E-state index contributed by atoms with van der Waals surface area (Å²) >= 11 is 0. The van der Waals surface area contributed by atoms with E-state index in [1.54, 1.807) is 12.1 Å². The van der Waals surface area contributed by atoms with Gasteiger partial charge in [-0.05, 0) is 34.0 Å². The molecule has 0 aliphatic rings. The fourth-order valence-electron chi connectivity index (χ4n) is 2.67. The van der Waals surface area contributed by atoms with Crippen LogP contribution in [0.2, 0.25) is 0 Å². The molecule has 3 rings (SSSR count). The van der Waals surface area contributed by atoms with Crippen LogP contribution in [0.25, 0.3) is 10.8 Å². The molecule has 0 heterocycles. The largest absolute Gasteiger partial charge is 0.435 e. The molecule has 0 unspecified atom stereocenters. The molecule has 3 aromatic rings. The number of benzene rings is 3. The van der Waals surface area contributed by atoms with Gasteiger partial charge >= 0.3 is 6.61 Å². The number of rotatable bonds is 6. The number of hydrogen-bond donors (Lipinski definition) is 1. The first-order chi connectivity index (χ1) is 12.1. The molecule has 0 aliphatic carbocycles. The van der Waals surface area contributed by atoms with Crippen LogP contribution >= 0.6 is 0 Å². The van der Waals surface area contributed by atoms with Crippen LogP contribution in [0.1, 0.15) is 11.1 Å². The zero-order valence-electron chi connectivity index (χ0n) is 13.4. The van der Waals surface area contributed by atoms with E-state index < -0.39 is 6.61 Å². The second kappa shape index (κ2) is 7.75. The topological polar surface area (TPSA) is 38.3 Å². The van der Waals surface area contributed by atoms with Gasteiger partial charge in [-0.25, -0.2) is 0 Å². The molecular formula is C20H17F2NO2. The first kappa shape index (κ1) is 16.9.